The zero-order valence-corrected chi connectivity index (χ0v) is 10.2. The van der Waals surface area contributed by atoms with E-state index in [0.29, 0.717) is 0 Å². The van der Waals surface area contributed by atoms with E-state index in [4.69, 9.17) is 10.8 Å². The van der Waals surface area contributed by atoms with E-state index in [9.17, 15) is 18.8 Å². The quantitative estimate of drug-likeness (QED) is 0.593. The molecule has 108 valence electrons. The molecule has 1 aromatic rings. The highest BCUT2D eigenvalue weighted by molar-refractivity contribution is 6.00. The number of halogens is 1. The van der Waals surface area contributed by atoms with Gasteiger partial charge in [0.15, 0.2) is 0 Å². The van der Waals surface area contributed by atoms with E-state index in [2.05, 4.69) is 15.4 Å². The number of hydrogen-bond acceptors (Lipinski definition) is 4. The molecule has 0 spiro atoms. The van der Waals surface area contributed by atoms with Gasteiger partial charge in [0.05, 0.1) is 12.2 Å². The van der Waals surface area contributed by atoms with Gasteiger partial charge in [-0.15, -0.1) is 0 Å². The molecule has 0 aliphatic heterocycles. The molecule has 0 aliphatic rings. The lowest BCUT2D eigenvalue weighted by Gasteiger charge is -2.10. The molecule has 0 radical (unpaired) electrons. The van der Waals surface area contributed by atoms with Crippen LogP contribution in [0.4, 0.5) is 19.7 Å². The van der Waals surface area contributed by atoms with Gasteiger partial charge in [0.25, 0.3) is 0 Å². The zero-order chi connectivity index (χ0) is 15.1. The number of primary amides is 1. The van der Waals surface area contributed by atoms with Gasteiger partial charge in [-0.1, -0.05) is 6.07 Å². The Morgan fingerprint density at radius 2 is 2.05 bits per heavy atom. The molecule has 0 saturated carbocycles. The number of rotatable bonds is 5. The maximum Gasteiger partial charge on any atom is 0.404 e. The van der Waals surface area contributed by atoms with Crippen molar-refractivity contribution in [2.75, 3.05) is 18.5 Å². The Hall–Kier alpha value is -2.84. The van der Waals surface area contributed by atoms with Crippen molar-refractivity contribution in [2.45, 2.75) is 0 Å². The van der Waals surface area contributed by atoms with Gasteiger partial charge < -0.3 is 26.2 Å². The predicted octanol–water partition coefficient (Wildman–Crippen LogP) is 0.741. The fraction of sp³-hybridized carbons (Fsp3) is 0.182. The van der Waals surface area contributed by atoms with Crippen molar-refractivity contribution in [1.82, 2.24) is 5.32 Å². The molecule has 3 amide bonds. The maximum absolute atomic E-state index is 13.3. The first-order chi connectivity index (χ1) is 9.41. The Balaban J connectivity index is 2.60. The summed E-state index contributed by atoms with van der Waals surface area (Å²) in [4.78, 5) is 32.6. The van der Waals surface area contributed by atoms with Crippen molar-refractivity contribution < 1.29 is 28.6 Å². The number of aromatic carboxylic acids is 1. The number of hydrogen-bond donors (Lipinski definition) is 4. The van der Waals surface area contributed by atoms with E-state index in [-0.39, 0.29) is 18.8 Å². The number of nitrogens with one attached hydrogen (secondary N) is 2. The molecule has 0 unspecified atom stereocenters. The van der Waals surface area contributed by atoms with Crippen LogP contribution in [-0.4, -0.2) is 36.4 Å². The van der Waals surface area contributed by atoms with Gasteiger partial charge in [-0.3, -0.25) is 0 Å². The molecule has 0 atom stereocenters. The summed E-state index contributed by atoms with van der Waals surface area (Å²) < 4.78 is 17.7. The van der Waals surface area contributed by atoms with E-state index in [1.54, 1.807) is 0 Å². The van der Waals surface area contributed by atoms with Crippen LogP contribution in [0.15, 0.2) is 18.2 Å². The molecule has 0 aliphatic carbocycles. The van der Waals surface area contributed by atoms with E-state index in [1.807, 2.05) is 0 Å². The highest BCUT2D eigenvalue weighted by Crippen LogP contribution is 2.18. The smallest absolute Gasteiger partial charge is 0.404 e. The van der Waals surface area contributed by atoms with Gasteiger partial charge >= 0.3 is 18.1 Å². The zero-order valence-electron chi connectivity index (χ0n) is 10.2. The lowest BCUT2D eigenvalue weighted by molar-refractivity contribution is 0.0693. The molecule has 0 heterocycles. The summed E-state index contributed by atoms with van der Waals surface area (Å²) in [5.74, 6) is -2.47. The molecule has 5 N–H and O–H groups in total. The van der Waals surface area contributed by atoms with Crippen LogP contribution < -0.4 is 16.4 Å². The topological polar surface area (TPSA) is 131 Å². The molecular formula is C11H12FN3O5. The molecule has 8 nitrogen and oxygen atoms in total. The number of carboxylic acids is 1. The van der Waals surface area contributed by atoms with Gasteiger partial charge in [0.2, 0.25) is 0 Å². The van der Waals surface area contributed by atoms with Crippen molar-refractivity contribution in [1.29, 1.82) is 0 Å². The largest absolute Gasteiger partial charge is 0.478 e. The first kappa shape index (κ1) is 15.2. The summed E-state index contributed by atoms with van der Waals surface area (Å²) in [7, 11) is 0. The van der Waals surface area contributed by atoms with Crippen molar-refractivity contribution in [2.24, 2.45) is 5.73 Å². The standard InChI is InChI=1S/C11H12FN3O5/c12-6-2-1-3-7(8(6)9(16)17)15-11(19)14-4-5-20-10(13)18/h1-3H,4-5H2,(H2,13,18)(H,16,17)(H2,14,15,19). The number of urea groups is 1. The number of amides is 3. The molecule has 1 rings (SSSR count). The summed E-state index contributed by atoms with van der Waals surface area (Å²) in [6.07, 6.45) is -0.981. The Morgan fingerprint density at radius 1 is 1.35 bits per heavy atom. The molecular weight excluding hydrogens is 273 g/mol. The highest BCUT2D eigenvalue weighted by Gasteiger charge is 2.16. The van der Waals surface area contributed by atoms with Crippen molar-refractivity contribution in [3.63, 3.8) is 0 Å². The van der Waals surface area contributed by atoms with Gasteiger partial charge in [-0.25, -0.2) is 18.8 Å². The van der Waals surface area contributed by atoms with Crippen molar-refractivity contribution in [3.05, 3.63) is 29.6 Å². The van der Waals surface area contributed by atoms with Crippen LogP contribution in [0.25, 0.3) is 0 Å². The van der Waals surface area contributed by atoms with Crippen molar-refractivity contribution >= 4 is 23.8 Å². The SMILES string of the molecule is NC(=O)OCCNC(=O)Nc1cccc(F)c1C(=O)O. The van der Waals surface area contributed by atoms with Crippen LogP contribution in [0.3, 0.4) is 0 Å². The second kappa shape index (κ2) is 6.92. The minimum absolute atomic E-state index is 0.0352. The molecule has 0 saturated heterocycles. The van der Waals surface area contributed by atoms with E-state index in [0.717, 1.165) is 6.07 Å². The number of carboxylic acid groups (broad SMARTS) is 1. The Labute approximate surface area is 112 Å². The van der Waals surface area contributed by atoms with E-state index in [1.165, 1.54) is 12.1 Å². The number of carbonyl (C=O) groups excluding carboxylic acids is 2. The molecule has 9 heteroatoms. The second-order valence-corrected chi connectivity index (χ2v) is 3.52. The van der Waals surface area contributed by atoms with Crippen LogP contribution in [0.5, 0.6) is 0 Å². The summed E-state index contributed by atoms with van der Waals surface area (Å²) in [5.41, 5.74) is 3.87. The minimum Gasteiger partial charge on any atom is -0.478 e. The number of anilines is 1. The number of ether oxygens (including phenoxy) is 1. The summed E-state index contributed by atoms with van der Waals surface area (Å²) >= 11 is 0. The molecule has 0 fully saturated rings. The van der Waals surface area contributed by atoms with Gasteiger partial charge in [0, 0.05) is 0 Å². The summed E-state index contributed by atoms with van der Waals surface area (Å²) in [6.45, 7) is -0.176. The summed E-state index contributed by atoms with van der Waals surface area (Å²) in [6, 6.07) is 2.69. The van der Waals surface area contributed by atoms with Gasteiger partial charge in [-0.05, 0) is 12.1 Å². The fourth-order valence-electron chi connectivity index (χ4n) is 1.33. The second-order valence-electron chi connectivity index (χ2n) is 3.52. The Morgan fingerprint density at radius 3 is 2.65 bits per heavy atom. The van der Waals surface area contributed by atoms with Crippen molar-refractivity contribution in [3.8, 4) is 0 Å². The summed E-state index contributed by atoms with van der Waals surface area (Å²) in [5, 5.41) is 13.3. The average molecular weight is 285 g/mol. The third-order valence-electron chi connectivity index (χ3n) is 2.11. The fourth-order valence-corrected chi connectivity index (χ4v) is 1.33. The van der Waals surface area contributed by atoms with E-state index < -0.39 is 29.5 Å². The van der Waals surface area contributed by atoms with Gasteiger partial charge in [-0.2, -0.15) is 0 Å². The number of benzene rings is 1. The first-order valence-electron chi connectivity index (χ1n) is 5.40. The van der Waals surface area contributed by atoms with Gasteiger partial charge in [0.1, 0.15) is 18.0 Å². The molecule has 0 aromatic heterocycles. The maximum atomic E-state index is 13.3. The third-order valence-corrected chi connectivity index (χ3v) is 2.11. The van der Waals surface area contributed by atoms with Crippen LogP contribution >= 0.6 is 0 Å². The van der Waals surface area contributed by atoms with Crippen LogP contribution in [0, 0.1) is 5.82 Å². The lowest BCUT2D eigenvalue weighted by Crippen LogP contribution is -2.33. The first-order valence-corrected chi connectivity index (χ1v) is 5.40. The highest BCUT2D eigenvalue weighted by atomic mass is 19.1. The van der Waals surface area contributed by atoms with Crippen LogP contribution in [0.1, 0.15) is 10.4 Å². The lowest BCUT2D eigenvalue weighted by atomic mass is 10.1. The minimum atomic E-state index is -1.50. The molecule has 1 aromatic carbocycles. The average Bonchev–Trinajstić information content (AvgIpc) is 2.34. The normalized spacial score (nSPS) is 9.65. The van der Waals surface area contributed by atoms with Crippen LogP contribution in [-0.2, 0) is 4.74 Å². The van der Waals surface area contributed by atoms with Crippen LogP contribution in [0.2, 0.25) is 0 Å². The number of carbonyl (C=O) groups is 3. The molecule has 20 heavy (non-hydrogen) atoms. The third kappa shape index (κ3) is 4.44. The monoisotopic (exact) mass is 285 g/mol. The molecule has 0 bridgehead atoms. The van der Waals surface area contributed by atoms with E-state index >= 15 is 0 Å². The Bertz CT molecular complexity index is 535. The Kier molecular flexibility index (Phi) is 5.27. The predicted molar refractivity (Wildman–Crippen MR) is 65.9 cm³/mol. The number of nitrogens with two attached hydrogens (primary N) is 1.